The average molecular weight is 355 g/mol. The molecule has 0 atom stereocenters. The number of carbonyl (C=O) groups excluding carboxylic acids is 2. The molecule has 3 rings (SSSR count). The van der Waals surface area contributed by atoms with Gasteiger partial charge in [-0.05, 0) is 24.3 Å². The lowest BCUT2D eigenvalue weighted by atomic mass is 10.2. The Morgan fingerprint density at radius 3 is 2.12 bits per heavy atom. The number of nitrogens with zero attached hydrogens (tertiary/aromatic N) is 4. The summed E-state index contributed by atoms with van der Waals surface area (Å²) < 4.78 is 5.12. The van der Waals surface area contributed by atoms with Crippen molar-refractivity contribution < 1.29 is 14.3 Å². The van der Waals surface area contributed by atoms with Gasteiger partial charge in [-0.2, -0.15) is 0 Å². The van der Waals surface area contributed by atoms with E-state index in [9.17, 15) is 9.59 Å². The van der Waals surface area contributed by atoms with Crippen LogP contribution in [0.25, 0.3) is 0 Å². The molecule has 26 heavy (non-hydrogen) atoms. The average Bonchev–Trinajstić information content (AvgIpc) is 2.69. The zero-order valence-electron chi connectivity index (χ0n) is 14.8. The molecule has 0 spiro atoms. The maximum Gasteiger partial charge on any atom is 0.257 e. The fraction of sp³-hybridized carbons (Fsp3) is 0.333. The molecule has 1 N–H and O–H groups in total. The highest BCUT2D eigenvalue weighted by molar-refractivity contribution is 5.94. The van der Waals surface area contributed by atoms with Gasteiger partial charge in [0.15, 0.2) is 0 Å². The second-order valence-corrected chi connectivity index (χ2v) is 5.95. The topological polar surface area (TPSA) is 87.7 Å². The minimum Gasteiger partial charge on any atom is -0.497 e. The van der Waals surface area contributed by atoms with E-state index in [2.05, 4.69) is 15.3 Å². The van der Waals surface area contributed by atoms with Crippen molar-refractivity contribution in [3.63, 3.8) is 0 Å². The van der Waals surface area contributed by atoms with Crippen LogP contribution in [0.5, 0.6) is 5.75 Å². The molecule has 2 heterocycles. The lowest BCUT2D eigenvalue weighted by Crippen LogP contribution is -2.50. The smallest absolute Gasteiger partial charge is 0.257 e. The molecule has 0 aliphatic carbocycles. The van der Waals surface area contributed by atoms with Gasteiger partial charge < -0.3 is 19.9 Å². The van der Waals surface area contributed by atoms with Gasteiger partial charge in [-0.15, -0.1) is 0 Å². The molecule has 0 bridgehead atoms. The van der Waals surface area contributed by atoms with Crippen LogP contribution >= 0.6 is 0 Å². The molecule has 136 valence electrons. The summed E-state index contributed by atoms with van der Waals surface area (Å²) >= 11 is 0. The van der Waals surface area contributed by atoms with Gasteiger partial charge >= 0.3 is 0 Å². The van der Waals surface area contributed by atoms with Crippen molar-refractivity contribution in [3.05, 3.63) is 42.2 Å². The van der Waals surface area contributed by atoms with Crippen molar-refractivity contribution in [3.8, 4) is 5.75 Å². The third-order valence-corrected chi connectivity index (χ3v) is 4.26. The third kappa shape index (κ3) is 4.08. The number of rotatable bonds is 4. The molecule has 2 amide bonds. The van der Waals surface area contributed by atoms with Gasteiger partial charge in [0.05, 0.1) is 12.7 Å². The van der Waals surface area contributed by atoms with E-state index in [1.54, 1.807) is 23.8 Å². The molecule has 1 fully saturated rings. The van der Waals surface area contributed by atoms with Crippen molar-refractivity contribution >= 4 is 23.5 Å². The first-order chi connectivity index (χ1) is 12.6. The van der Waals surface area contributed by atoms with E-state index in [-0.39, 0.29) is 11.8 Å². The molecule has 0 saturated carbocycles. The number of amides is 2. The molecular weight excluding hydrogens is 334 g/mol. The first-order valence-electron chi connectivity index (χ1n) is 8.35. The number of nitrogens with one attached hydrogen (secondary N) is 1. The van der Waals surface area contributed by atoms with E-state index in [0.717, 1.165) is 11.4 Å². The number of hydrogen-bond donors (Lipinski definition) is 1. The number of aromatic nitrogens is 2. The van der Waals surface area contributed by atoms with Crippen LogP contribution in [0, 0.1) is 0 Å². The Labute approximate surface area is 151 Å². The Balaban J connectivity index is 1.60. The summed E-state index contributed by atoms with van der Waals surface area (Å²) in [4.78, 5) is 35.8. The maximum atomic E-state index is 12.5. The maximum absolute atomic E-state index is 12.5. The minimum atomic E-state index is -0.121. The number of hydrogen-bond acceptors (Lipinski definition) is 6. The standard InChI is InChI=1S/C18H21N5O3/c1-13(24)22-7-9-23(10-8-22)17(25)14-11-19-18(20-12-14)21-15-3-5-16(26-2)6-4-15/h3-6,11-12H,7-10H2,1-2H3,(H,19,20,21). The first kappa shape index (κ1) is 17.7. The number of anilines is 2. The largest absolute Gasteiger partial charge is 0.497 e. The number of carbonyl (C=O) groups is 2. The van der Waals surface area contributed by atoms with Gasteiger partial charge in [-0.1, -0.05) is 0 Å². The number of ether oxygens (including phenoxy) is 1. The zero-order chi connectivity index (χ0) is 18.5. The second-order valence-electron chi connectivity index (χ2n) is 5.95. The highest BCUT2D eigenvalue weighted by Gasteiger charge is 2.23. The highest BCUT2D eigenvalue weighted by atomic mass is 16.5. The Kier molecular flexibility index (Phi) is 5.31. The van der Waals surface area contributed by atoms with Crippen LogP contribution in [-0.4, -0.2) is 64.9 Å². The van der Waals surface area contributed by atoms with Gasteiger partial charge in [-0.3, -0.25) is 9.59 Å². The summed E-state index contributed by atoms with van der Waals surface area (Å²) in [5, 5.41) is 3.07. The molecule has 0 unspecified atom stereocenters. The number of benzene rings is 1. The van der Waals surface area contributed by atoms with Crippen LogP contribution in [0.1, 0.15) is 17.3 Å². The second kappa shape index (κ2) is 7.81. The normalized spacial score (nSPS) is 14.1. The van der Waals surface area contributed by atoms with Gasteiger partial charge in [-0.25, -0.2) is 9.97 Å². The summed E-state index contributed by atoms with van der Waals surface area (Å²) in [5.74, 6) is 1.09. The molecule has 8 nitrogen and oxygen atoms in total. The summed E-state index contributed by atoms with van der Waals surface area (Å²) in [5.41, 5.74) is 1.26. The van der Waals surface area contributed by atoms with Crippen LogP contribution in [0.2, 0.25) is 0 Å². The van der Waals surface area contributed by atoms with Crippen LogP contribution in [0.4, 0.5) is 11.6 Å². The van der Waals surface area contributed by atoms with Crippen LogP contribution in [0.15, 0.2) is 36.7 Å². The van der Waals surface area contributed by atoms with E-state index in [1.165, 1.54) is 12.4 Å². The SMILES string of the molecule is COc1ccc(Nc2ncc(C(=O)N3CCN(C(C)=O)CC3)cn2)cc1. The van der Waals surface area contributed by atoms with Crippen LogP contribution in [0.3, 0.4) is 0 Å². The predicted molar refractivity (Wildman–Crippen MR) is 96.5 cm³/mol. The molecule has 1 aliphatic rings. The molecule has 1 aromatic heterocycles. The molecule has 2 aromatic rings. The molecule has 8 heteroatoms. The van der Waals surface area contributed by atoms with Gasteiger partial charge in [0, 0.05) is 51.2 Å². The predicted octanol–water partition coefficient (Wildman–Crippen LogP) is 1.53. The highest BCUT2D eigenvalue weighted by Crippen LogP contribution is 2.18. The molecule has 1 aliphatic heterocycles. The zero-order valence-corrected chi connectivity index (χ0v) is 14.8. The first-order valence-corrected chi connectivity index (χ1v) is 8.35. The Morgan fingerprint density at radius 1 is 1.00 bits per heavy atom. The molecule has 1 aromatic carbocycles. The summed E-state index contributed by atoms with van der Waals surface area (Å²) in [6.07, 6.45) is 3.02. The van der Waals surface area contributed by atoms with Gasteiger partial charge in [0.1, 0.15) is 5.75 Å². The van der Waals surface area contributed by atoms with Gasteiger partial charge in [0.2, 0.25) is 11.9 Å². The van der Waals surface area contributed by atoms with E-state index in [4.69, 9.17) is 4.74 Å². The van der Waals surface area contributed by atoms with Crippen LogP contribution in [-0.2, 0) is 4.79 Å². The van der Waals surface area contributed by atoms with E-state index in [0.29, 0.717) is 37.7 Å². The Hall–Kier alpha value is -3.16. The minimum absolute atomic E-state index is 0.0365. The lowest BCUT2D eigenvalue weighted by Gasteiger charge is -2.34. The molecule has 1 saturated heterocycles. The van der Waals surface area contributed by atoms with Crippen LogP contribution < -0.4 is 10.1 Å². The summed E-state index contributed by atoms with van der Waals surface area (Å²) in [6.45, 7) is 3.69. The summed E-state index contributed by atoms with van der Waals surface area (Å²) in [6, 6.07) is 7.38. The monoisotopic (exact) mass is 355 g/mol. The van der Waals surface area contributed by atoms with E-state index in [1.807, 2.05) is 24.3 Å². The molecular formula is C18H21N5O3. The fourth-order valence-electron chi connectivity index (χ4n) is 2.71. The van der Waals surface area contributed by atoms with Gasteiger partial charge in [0.25, 0.3) is 5.91 Å². The van der Waals surface area contributed by atoms with E-state index >= 15 is 0 Å². The Morgan fingerprint density at radius 2 is 1.58 bits per heavy atom. The fourth-order valence-corrected chi connectivity index (χ4v) is 2.71. The summed E-state index contributed by atoms with van der Waals surface area (Å²) in [7, 11) is 1.61. The van der Waals surface area contributed by atoms with Crippen molar-refractivity contribution in [1.82, 2.24) is 19.8 Å². The van der Waals surface area contributed by atoms with Crippen molar-refractivity contribution in [2.45, 2.75) is 6.92 Å². The van der Waals surface area contributed by atoms with Crippen molar-refractivity contribution in [2.75, 3.05) is 38.6 Å². The quantitative estimate of drug-likeness (QED) is 0.895. The van der Waals surface area contributed by atoms with Crippen molar-refractivity contribution in [1.29, 1.82) is 0 Å². The third-order valence-electron chi connectivity index (χ3n) is 4.26. The number of methoxy groups -OCH3 is 1. The molecule has 0 radical (unpaired) electrons. The number of piperazine rings is 1. The Bertz CT molecular complexity index is 768. The van der Waals surface area contributed by atoms with Crippen molar-refractivity contribution in [2.24, 2.45) is 0 Å². The van der Waals surface area contributed by atoms with E-state index < -0.39 is 0 Å². The lowest BCUT2D eigenvalue weighted by molar-refractivity contribution is -0.130.